The maximum Gasteiger partial charge on any atom is 0.0597 e. The van der Waals surface area contributed by atoms with Crippen molar-refractivity contribution in [1.29, 1.82) is 0 Å². The quantitative estimate of drug-likeness (QED) is 0.717. The van der Waals surface area contributed by atoms with Gasteiger partial charge in [-0.1, -0.05) is 40.0 Å². The summed E-state index contributed by atoms with van der Waals surface area (Å²) in [6.07, 6.45) is 12.9. The van der Waals surface area contributed by atoms with Crippen molar-refractivity contribution >= 4 is 0 Å². The summed E-state index contributed by atoms with van der Waals surface area (Å²) in [7, 11) is 2.29. The lowest BCUT2D eigenvalue weighted by Gasteiger charge is -2.37. The fraction of sp³-hybridized carbons (Fsp3) is 1.00. The second-order valence-electron chi connectivity index (χ2n) is 8.48. The number of likely N-dealkylation sites (N-methyl/N-ethyl adjacent to an activating group) is 1. The Labute approximate surface area is 132 Å². The smallest absolute Gasteiger partial charge is 0.0597 e. The molecule has 2 aliphatic rings. The van der Waals surface area contributed by atoms with Crippen LogP contribution < -0.4 is 0 Å². The van der Waals surface area contributed by atoms with Crippen molar-refractivity contribution in [2.45, 2.75) is 90.7 Å². The second-order valence-corrected chi connectivity index (χ2v) is 8.48. The van der Waals surface area contributed by atoms with Crippen LogP contribution in [-0.2, 0) is 4.74 Å². The van der Waals surface area contributed by atoms with Gasteiger partial charge in [-0.2, -0.15) is 0 Å². The standard InChI is InChI=1S/C19H37NO/c1-19(2,3)16-10-12-18(13-11-16)21-15-14-20(4)17-8-6-5-7-9-17/h16-18H,5-15H2,1-4H3. The van der Waals surface area contributed by atoms with Crippen molar-refractivity contribution in [1.82, 2.24) is 4.90 Å². The van der Waals surface area contributed by atoms with Gasteiger partial charge in [-0.25, -0.2) is 0 Å². The molecule has 0 amide bonds. The number of rotatable bonds is 5. The summed E-state index contributed by atoms with van der Waals surface area (Å²) < 4.78 is 6.16. The lowest BCUT2D eigenvalue weighted by Crippen LogP contribution is -2.37. The molecular formula is C19H37NO. The first-order valence-electron chi connectivity index (χ1n) is 9.28. The van der Waals surface area contributed by atoms with E-state index in [1.165, 1.54) is 57.8 Å². The topological polar surface area (TPSA) is 12.5 Å². The molecule has 2 saturated carbocycles. The Morgan fingerprint density at radius 1 is 0.905 bits per heavy atom. The van der Waals surface area contributed by atoms with E-state index in [1.54, 1.807) is 0 Å². The van der Waals surface area contributed by atoms with Gasteiger partial charge < -0.3 is 9.64 Å². The van der Waals surface area contributed by atoms with Crippen LogP contribution in [0.15, 0.2) is 0 Å². The molecule has 0 aliphatic heterocycles. The summed E-state index contributed by atoms with van der Waals surface area (Å²) in [5, 5.41) is 0. The van der Waals surface area contributed by atoms with E-state index < -0.39 is 0 Å². The Morgan fingerprint density at radius 3 is 2.10 bits per heavy atom. The minimum atomic E-state index is 0.478. The van der Waals surface area contributed by atoms with E-state index in [0.29, 0.717) is 11.5 Å². The second kappa shape index (κ2) is 7.97. The summed E-state index contributed by atoms with van der Waals surface area (Å²) in [6.45, 7) is 9.20. The van der Waals surface area contributed by atoms with Crippen molar-refractivity contribution in [3.8, 4) is 0 Å². The van der Waals surface area contributed by atoms with Crippen LogP contribution in [0.5, 0.6) is 0 Å². The largest absolute Gasteiger partial charge is 0.377 e. The van der Waals surface area contributed by atoms with Crippen molar-refractivity contribution in [3.05, 3.63) is 0 Å². The summed E-state index contributed by atoms with van der Waals surface area (Å²) in [5.41, 5.74) is 0.478. The molecule has 0 aromatic heterocycles. The number of hydrogen-bond donors (Lipinski definition) is 0. The van der Waals surface area contributed by atoms with Crippen LogP contribution >= 0.6 is 0 Å². The third-order valence-corrected chi connectivity index (χ3v) is 5.89. The maximum absolute atomic E-state index is 6.16. The molecule has 2 rings (SSSR count). The molecule has 0 N–H and O–H groups in total. The Hall–Kier alpha value is -0.0800. The number of nitrogens with zero attached hydrogens (tertiary/aromatic N) is 1. The van der Waals surface area contributed by atoms with E-state index in [-0.39, 0.29) is 0 Å². The lowest BCUT2D eigenvalue weighted by atomic mass is 9.72. The molecule has 0 atom stereocenters. The Bertz CT molecular complexity index is 282. The molecule has 0 unspecified atom stereocenters. The number of ether oxygens (including phenoxy) is 1. The predicted octanol–water partition coefficient (Wildman–Crippen LogP) is 4.87. The zero-order valence-corrected chi connectivity index (χ0v) is 14.9. The molecule has 124 valence electrons. The molecular weight excluding hydrogens is 258 g/mol. The third-order valence-electron chi connectivity index (χ3n) is 5.89. The van der Waals surface area contributed by atoms with Crippen LogP contribution in [-0.4, -0.2) is 37.2 Å². The first kappa shape index (κ1) is 17.3. The van der Waals surface area contributed by atoms with Gasteiger partial charge in [0.15, 0.2) is 0 Å². The van der Waals surface area contributed by atoms with E-state index in [4.69, 9.17) is 4.74 Å². The molecule has 0 spiro atoms. The number of hydrogen-bond acceptors (Lipinski definition) is 2. The van der Waals surface area contributed by atoms with E-state index in [2.05, 4.69) is 32.7 Å². The predicted molar refractivity (Wildman–Crippen MR) is 90.7 cm³/mol. The molecule has 2 fully saturated rings. The Kier molecular flexibility index (Phi) is 6.55. The van der Waals surface area contributed by atoms with Gasteiger partial charge in [-0.05, 0) is 56.9 Å². The minimum absolute atomic E-state index is 0.478. The molecule has 0 saturated heterocycles. The summed E-state index contributed by atoms with van der Waals surface area (Å²) >= 11 is 0. The average molecular weight is 296 g/mol. The van der Waals surface area contributed by atoms with Gasteiger partial charge in [0.05, 0.1) is 12.7 Å². The minimum Gasteiger partial charge on any atom is -0.377 e. The molecule has 2 nitrogen and oxygen atoms in total. The van der Waals surface area contributed by atoms with Crippen molar-refractivity contribution in [2.75, 3.05) is 20.2 Å². The summed E-state index contributed by atoms with van der Waals surface area (Å²) in [5.74, 6) is 0.891. The highest BCUT2D eigenvalue weighted by molar-refractivity contribution is 4.81. The van der Waals surface area contributed by atoms with Gasteiger partial charge in [0.25, 0.3) is 0 Å². The van der Waals surface area contributed by atoms with Crippen molar-refractivity contribution < 1.29 is 4.74 Å². The van der Waals surface area contributed by atoms with E-state index >= 15 is 0 Å². The van der Waals surface area contributed by atoms with Gasteiger partial charge in [0.1, 0.15) is 0 Å². The SMILES string of the molecule is CN(CCOC1CCC(C(C)(C)C)CC1)C1CCCCC1. The van der Waals surface area contributed by atoms with Crippen LogP contribution in [0.2, 0.25) is 0 Å². The highest BCUT2D eigenvalue weighted by atomic mass is 16.5. The lowest BCUT2D eigenvalue weighted by molar-refractivity contribution is -0.00746. The van der Waals surface area contributed by atoms with Gasteiger partial charge >= 0.3 is 0 Å². The van der Waals surface area contributed by atoms with Crippen LogP contribution in [0, 0.1) is 11.3 Å². The maximum atomic E-state index is 6.16. The zero-order chi connectivity index (χ0) is 15.3. The average Bonchev–Trinajstić information content (AvgIpc) is 2.47. The van der Waals surface area contributed by atoms with Gasteiger partial charge in [-0.15, -0.1) is 0 Å². The van der Waals surface area contributed by atoms with Crippen molar-refractivity contribution in [3.63, 3.8) is 0 Å². The normalized spacial score (nSPS) is 29.0. The van der Waals surface area contributed by atoms with Gasteiger partial charge in [0, 0.05) is 12.6 Å². The fourth-order valence-electron chi connectivity index (χ4n) is 4.16. The van der Waals surface area contributed by atoms with Gasteiger partial charge in [-0.3, -0.25) is 0 Å². The van der Waals surface area contributed by atoms with Crippen molar-refractivity contribution in [2.24, 2.45) is 11.3 Å². The third kappa shape index (κ3) is 5.56. The molecule has 0 aromatic rings. The summed E-state index contributed by atoms with van der Waals surface area (Å²) in [6, 6.07) is 0.818. The fourth-order valence-corrected chi connectivity index (χ4v) is 4.16. The molecule has 0 heterocycles. The van der Waals surface area contributed by atoms with Crippen LogP contribution in [0.3, 0.4) is 0 Å². The molecule has 0 bridgehead atoms. The molecule has 2 aliphatic carbocycles. The summed E-state index contributed by atoms with van der Waals surface area (Å²) in [4.78, 5) is 2.54. The van der Waals surface area contributed by atoms with E-state index in [1.807, 2.05) is 0 Å². The molecule has 2 heteroatoms. The van der Waals surface area contributed by atoms with E-state index in [0.717, 1.165) is 25.1 Å². The van der Waals surface area contributed by atoms with Crippen LogP contribution in [0.1, 0.15) is 78.6 Å². The first-order valence-corrected chi connectivity index (χ1v) is 9.28. The highest BCUT2D eigenvalue weighted by Crippen LogP contribution is 2.38. The zero-order valence-electron chi connectivity index (χ0n) is 14.9. The molecule has 21 heavy (non-hydrogen) atoms. The molecule has 0 radical (unpaired) electrons. The molecule has 0 aromatic carbocycles. The highest BCUT2D eigenvalue weighted by Gasteiger charge is 2.30. The Balaban J connectivity index is 1.59. The van der Waals surface area contributed by atoms with Crippen LogP contribution in [0.4, 0.5) is 0 Å². The monoisotopic (exact) mass is 295 g/mol. The first-order chi connectivity index (χ1) is 9.97. The van der Waals surface area contributed by atoms with Crippen LogP contribution in [0.25, 0.3) is 0 Å². The van der Waals surface area contributed by atoms with Gasteiger partial charge in [0.2, 0.25) is 0 Å². The van der Waals surface area contributed by atoms with E-state index in [9.17, 15) is 0 Å². The Morgan fingerprint density at radius 2 is 1.52 bits per heavy atom.